The lowest BCUT2D eigenvalue weighted by molar-refractivity contribution is -0.117. The summed E-state index contributed by atoms with van der Waals surface area (Å²) in [6.07, 6.45) is 2.22. The van der Waals surface area contributed by atoms with Crippen LogP contribution in [0.25, 0.3) is 11.1 Å². The van der Waals surface area contributed by atoms with Gasteiger partial charge in [-0.2, -0.15) is 0 Å². The van der Waals surface area contributed by atoms with E-state index in [1.54, 1.807) is 11.8 Å². The van der Waals surface area contributed by atoms with E-state index in [4.69, 9.17) is 0 Å². The van der Waals surface area contributed by atoms with E-state index in [0.29, 0.717) is 6.42 Å². The van der Waals surface area contributed by atoms with E-state index < -0.39 is 6.09 Å². The molecule has 4 rings (SSSR count). The summed E-state index contributed by atoms with van der Waals surface area (Å²) in [5.74, 6) is -0.0207. The summed E-state index contributed by atoms with van der Waals surface area (Å²) in [5.41, 5.74) is 5.16. The minimum Gasteiger partial charge on any atom is -0.465 e. The number of hydrogen-bond donors (Lipinski definition) is 1. The summed E-state index contributed by atoms with van der Waals surface area (Å²) in [5, 5.41) is 9.96. The van der Waals surface area contributed by atoms with Gasteiger partial charge in [0.05, 0.1) is 6.04 Å². The maximum atomic E-state index is 12.4. The summed E-state index contributed by atoms with van der Waals surface area (Å²) >= 11 is 0. The monoisotopic (exact) mass is 485 g/mol. The molecule has 2 atom stereocenters. The van der Waals surface area contributed by atoms with Crippen molar-refractivity contribution in [1.82, 2.24) is 9.80 Å². The second-order valence-electron chi connectivity index (χ2n) is 9.73. The van der Waals surface area contributed by atoms with Crippen molar-refractivity contribution in [3.63, 3.8) is 0 Å². The minimum absolute atomic E-state index is 0. The number of nitrogens with zero attached hydrogens (tertiary/aromatic N) is 3. The first kappa shape index (κ1) is 26.0. The lowest BCUT2D eigenvalue weighted by Gasteiger charge is -2.43. The van der Waals surface area contributed by atoms with Crippen LogP contribution in [0.5, 0.6) is 0 Å². The third-order valence-corrected chi connectivity index (χ3v) is 7.00. The van der Waals surface area contributed by atoms with Gasteiger partial charge in [-0.1, -0.05) is 30.3 Å². The predicted molar refractivity (Wildman–Crippen MR) is 139 cm³/mol. The first-order valence-corrected chi connectivity index (χ1v) is 12.0. The molecule has 2 aliphatic rings. The zero-order valence-electron chi connectivity index (χ0n) is 20.5. The fourth-order valence-electron chi connectivity index (χ4n) is 5.47. The van der Waals surface area contributed by atoms with Gasteiger partial charge >= 0.3 is 6.09 Å². The molecule has 6 nitrogen and oxygen atoms in total. The van der Waals surface area contributed by atoms with Crippen LogP contribution in [-0.4, -0.2) is 52.1 Å². The molecule has 0 aliphatic carbocycles. The maximum absolute atomic E-state index is 12.4. The molecule has 1 N–H and O–H groups in total. The molecule has 1 fully saturated rings. The van der Waals surface area contributed by atoms with E-state index in [9.17, 15) is 14.7 Å². The molecule has 0 radical (unpaired) electrons. The zero-order chi connectivity index (χ0) is 23.7. The average Bonchev–Trinajstić information content (AvgIpc) is 3.26. The van der Waals surface area contributed by atoms with Crippen LogP contribution in [0.15, 0.2) is 42.5 Å². The summed E-state index contributed by atoms with van der Waals surface area (Å²) in [4.78, 5) is 30.4. The zero-order valence-corrected chi connectivity index (χ0v) is 21.3. The number of carbonyl (C=O) groups excluding carboxylic acids is 1. The fraction of sp³-hybridized carbons (Fsp3) is 0.481. The van der Waals surface area contributed by atoms with Crippen molar-refractivity contribution in [2.45, 2.75) is 71.6 Å². The average molecular weight is 486 g/mol. The highest BCUT2D eigenvalue weighted by Gasteiger charge is 2.38. The number of fused-ring (bicyclic) bond motifs is 1. The first-order chi connectivity index (χ1) is 15.8. The number of amides is 2. The Kier molecular flexibility index (Phi) is 8.26. The van der Waals surface area contributed by atoms with Gasteiger partial charge in [0.2, 0.25) is 5.91 Å². The Balaban J connectivity index is 0.00000324. The molecule has 2 aliphatic heterocycles. The van der Waals surface area contributed by atoms with E-state index >= 15 is 0 Å². The van der Waals surface area contributed by atoms with Gasteiger partial charge in [-0.3, -0.25) is 14.6 Å². The third kappa shape index (κ3) is 5.23. The van der Waals surface area contributed by atoms with Crippen molar-refractivity contribution in [3.05, 3.63) is 53.6 Å². The van der Waals surface area contributed by atoms with Crippen LogP contribution in [0.1, 0.15) is 64.1 Å². The predicted octanol–water partition coefficient (Wildman–Crippen LogP) is 5.95. The van der Waals surface area contributed by atoms with Gasteiger partial charge in [-0.15, -0.1) is 12.4 Å². The number of benzene rings is 2. The molecule has 7 heteroatoms. The number of carbonyl (C=O) groups is 2. The number of likely N-dealkylation sites (tertiary alicyclic amines) is 1. The van der Waals surface area contributed by atoms with Gasteiger partial charge in [0.25, 0.3) is 0 Å². The molecule has 1 saturated heterocycles. The van der Waals surface area contributed by atoms with E-state index in [0.717, 1.165) is 28.9 Å². The lowest BCUT2D eigenvalue weighted by Crippen LogP contribution is -2.48. The lowest BCUT2D eigenvalue weighted by atomic mass is 9.87. The SMILES string of the molecule is CC(=O)N1c2ccc(-c3ccc(CN4CCCC4)cc3)cc2C(N(C(=O)O)C(C)C)CC1C.Cl. The summed E-state index contributed by atoms with van der Waals surface area (Å²) in [7, 11) is 0. The van der Waals surface area contributed by atoms with Gasteiger partial charge in [-0.25, -0.2) is 4.79 Å². The topological polar surface area (TPSA) is 64.1 Å². The van der Waals surface area contributed by atoms with Crippen molar-refractivity contribution in [2.24, 2.45) is 0 Å². The summed E-state index contributed by atoms with van der Waals surface area (Å²) in [6.45, 7) is 10.7. The van der Waals surface area contributed by atoms with Crippen LogP contribution < -0.4 is 4.90 Å². The number of carboxylic acid groups (broad SMARTS) is 1. The second-order valence-corrected chi connectivity index (χ2v) is 9.73. The highest BCUT2D eigenvalue weighted by atomic mass is 35.5. The van der Waals surface area contributed by atoms with E-state index in [1.807, 2.05) is 32.9 Å². The number of anilines is 1. The number of hydrogen-bond acceptors (Lipinski definition) is 3. The molecule has 2 heterocycles. The smallest absolute Gasteiger partial charge is 0.408 e. The molecule has 0 aromatic heterocycles. The molecule has 0 spiro atoms. The van der Waals surface area contributed by atoms with Crippen LogP contribution in [0.2, 0.25) is 0 Å². The van der Waals surface area contributed by atoms with Crippen molar-refractivity contribution < 1.29 is 14.7 Å². The van der Waals surface area contributed by atoms with Crippen molar-refractivity contribution in [3.8, 4) is 11.1 Å². The van der Waals surface area contributed by atoms with Crippen molar-refractivity contribution >= 4 is 30.1 Å². The second kappa shape index (κ2) is 10.8. The Morgan fingerprint density at radius 1 is 1.06 bits per heavy atom. The summed E-state index contributed by atoms with van der Waals surface area (Å²) < 4.78 is 0. The highest BCUT2D eigenvalue weighted by molar-refractivity contribution is 5.94. The van der Waals surface area contributed by atoms with E-state index in [1.165, 1.54) is 36.4 Å². The first-order valence-electron chi connectivity index (χ1n) is 12.0. The standard InChI is InChI=1S/C27H35N3O3.ClH/c1-18(2)29(27(32)33)26-15-19(3)30(20(4)31)25-12-11-23(16-24(25)26)22-9-7-21(8-10-22)17-28-13-5-6-14-28;/h7-12,16,18-19,26H,5-6,13-15,17H2,1-4H3,(H,32,33);1H. The number of rotatable bonds is 5. The maximum Gasteiger partial charge on any atom is 0.408 e. The minimum atomic E-state index is -0.930. The van der Waals surface area contributed by atoms with Gasteiger partial charge in [0, 0.05) is 31.2 Å². The van der Waals surface area contributed by atoms with E-state index in [2.05, 4.69) is 35.2 Å². The van der Waals surface area contributed by atoms with Crippen molar-refractivity contribution in [2.75, 3.05) is 18.0 Å². The Hall–Kier alpha value is -2.57. The molecular weight excluding hydrogens is 450 g/mol. The van der Waals surface area contributed by atoms with Gasteiger partial charge < -0.3 is 10.0 Å². The molecule has 2 amide bonds. The molecule has 2 unspecified atom stereocenters. The van der Waals surface area contributed by atoms with Crippen LogP contribution in [0, 0.1) is 0 Å². The number of halogens is 1. The molecule has 0 saturated carbocycles. The molecular formula is C27H36ClN3O3. The highest BCUT2D eigenvalue weighted by Crippen LogP contribution is 2.43. The Morgan fingerprint density at radius 2 is 1.68 bits per heavy atom. The van der Waals surface area contributed by atoms with Crippen LogP contribution in [0.3, 0.4) is 0 Å². The van der Waals surface area contributed by atoms with E-state index in [-0.39, 0.29) is 36.4 Å². The van der Waals surface area contributed by atoms with Gasteiger partial charge in [0.1, 0.15) is 0 Å². The van der Waals surface area contributed by atoms with Crippen molar-refractivity contribution in [1.29, 1.82) is 0 Å². The molecule has 184 valence electrons. The quantitative estimate of drug-likeness (QED) is 0.568. The van der Waals surface area contributed by atoms with Gasteiger partial charge in [-0.05, 0) is 87.5 Å². The molecule has 2 aromatic carbocycles. The normalized spacial score (nSPS) is 20.1. The van der Waals surface area contributed by atoms with Crippen LogP contribution in [0.4, 0.5) is 10.5 Å². The molecule has 0 bridgehead atoms. The third-order valence-electron chi connectivity index (χ3n) is 7.00. The molecule has 34 heavy (non-hydrogen) atoms. The van der Waals surface area contributed by atoms with Gasteiger partial charge in [0.15, 0.2) is 0 Å². The van der Waals surface area contributed by atoms with Crippen LogP contribution in [-0.2, 0) is 11.3 Å². The fourth-order valence-corrected chi connectivity index (χ4v) is 5.47. The molecule has 2 aromatic rings. The Bertz CT molecular complexity index is 1020. The Labute approximate surface area is 209 Å². The largest absolute Gasteiger partial charge is 0.465 e. The summed E-state index contributed by atoms with van der Waals surface area (Å²) in [6, 6.07) is 14.2. The van der Waals surface area contributed by atoms with Crippen LogP contribution >= 0.6 is 12.4 Å². The Morgan fingerprint density at radius 3 is 2.24 bits per heavy atom.